The first-order valence-corrected chi connectivity index (χ1v) is 6.96. The number of rotatable bonds is 5. The van der Waals surface area contributed by atoms with Crippen molar-refractivity contribution in [2.45, 2.75) is 0 Å². The van der Waals surface area contributed by atoms with Crippen LogP contribution in [0.5, 0.6) is 5.75 Å². The summed E-state index contributed by atoms with van der Waals surface area (Å²) in [4.78, 5) is 24.0. The number of benzene rings is 2. The van der Waals surface area contributed by atoms with Gasteiger partial charge in [-0.05, 0) is 30.3 Å². The molecule has 0 aliphatic heterocycles. The molecule has 2 rings (SSSR count). The summed E-state index contributed by atoms with van der Waals surface area (Å²) < 4.78 is 0. The van der Waals surface area contributed by atoms with Crippen LogP contribution in [0.25, 0.3) is 0 Å². The molecule has 0 fully saturated rings. The summed E-state index contributed by atoms with van der Waals surface area (Å²) in [5.74, 6) is -0.829. The first-order valence-electron chi connectivity index (χ1n) is 6.96. The molecule has 0 bridgehead atoms. The molecule has 0 unspecified atom stereocenters. The average Bonchev–Trinajstić information content (AvgIpc) is 2.56. The summed E-state index contributed by atoms with van der Waals surface area (Å²) in [6.45, 7) is 0. The van der Waals surface area contributed by atoms with Gasteiger partial charge in [0.25, 0.3) is 5.91 Å². The van der Waals surface area contributed by atoms with Crippen LogP contribution in [0.1, 0.15) is 15.9 Å². The standard InChI is InChI=1S/C16H16N4O4/c1-19(2)13-5-3-4-12(9-13)16(22)18-17-10-11-6-7-15(21)14(8-11)20(23)24/h3-10,21H,1-2H3,(H,18,22)/b17-10-. The average molecular weight is 328 g/mol. The van der Waals surface area contributed by atoms with Crippen molar-refractivity contribution in [3.8, 4) is 5.75 Å². The number of anilines is 1. The third-order valence-corrected chi connectivity index (χ3v) is 3.20. The molecule has 8 nitrogen and oxygen atoms in total. The number of hydrogen-bond donors (Lipinski definition) is 2. The molecule has 24 heavy (non-hydrogen) atoms. The molecule has 0 heterocycles. The molecule has 1 amide bonds. The summed E-state index contributed by atoms with van der Waals surface area (Å²) in [7, 11) is 3.74. The molecular formula is C16H16N4O4. The van der Waals surface area contributed by atoms with Gasteiger partial charge in [0, 0.05) is 37.0 Å². The predicted molar refractivity (Wildman–Crippen MR) is 90.6 cm³/mol. The van der Waals surface area contributed by atoms with E-state index in [0.29, 0.717) is 11.1 Å². The van der Waals surface area contributed by atoms with Crippen LogP contribution in [0, 0.1) is 10.1 Å². The van der Waals surface area contributed by atoms with E-state index < -0.39 is 22.3 Å². The highest BCUT2D eigenvalue weighted by Gasteiger charge is 2.12. The van der Waals surface area contributed by atoms with Crippen LogP contribution < -0.4 is 10.3 Å². The number of nitro groups is 1. The molecule has 124 valence electrons. The smallest absolute Gasteiger partial charge is 0.311 e. The van der Waals surface area contributed by atoms with Gasteiger partial charge < -0.3 is 10.0 Å². The van der Waals surface area contributed by atoms with E-state index in [1.54, 1.807) is 18.2 Å². The highest BCUT2D eigenvalue weighted by atomic mass is 16.6. The van der Waals surface area contributed by atoms with Gasteiger partial charge in [0.15, 0.2) is 5.75 Å². The minimum Gasteiger partial charge on any atom is -0.502 e. The molecule has 0 radical (unpaired) electrons. The second-order valence-corrected chi connectivity index (χ2v) is 5.15. The SMILES string of the molecule is CN(C)c1cccc(C(=O)N/N=C\c2ccc(O)c([N+](=O)[O-])c2)c1. The monoisotopic (exact) mass is 328 g/mol. The molecule has 0 atom stereocenters. The molecule has 0 saturated heterocycles. The molecule has 8 heteroatoms. The Balaban J connectivity index is 2.09. The van der Waals surface area contributed by atoms with Crippen molar-refractivity contribution < 1.29 is 14.8 Å². The van der Waals surface area contributed by atoms with Crippen molar-refractivity contribution in [3.05, 3.63) is 63.7 Å². The minimum absolute atomic E-state index is 0.377. The number of aromatic hydroxyl groups is 1. The molecule has 0 spiro atoms. The van der Waals surface area contributed by atoms with E-state index in [4.69, 9.17) is 0 Å². The van der Waals surface area contributed by atoms with Crippen molar-refractivity contribution in [3.63, 3.8) is 0 Å². The normalized spacial score (nSPS) is 10.6. The summed E-state index contributed by atoms with van der Waals surface area (Å²) in [5, 5.41) is 23.9. The van der Waals surface area contributed by atoms with Gasteiger partial charge in [-0.15, -0.1) is 0 Å². The number of phenols is 1. The number of hydrazone groups is 1. The first kappa shape index (κ1) is 16.9. The van der Waals surface area contributed by atoms with Crippen molar-refractivity contribution in [2.24, 2.45) is 5.10 Å². The van der Waals surface area contributed by atoms with E-state index >= 15 is 0 Å². The number of carbonyl (C=O) groups is 1. The van der Waals surface area contributed by atoms with Gasteiger partial charge in [-0.25, -0.2) is 5.43 Å². The fourth-order valence-corrected chi connectivity index (χ4v) is 1.92. The lowest BCUT2D eigenvalue weighted by Gasteiger charge is -2.12. The minimum atomic E-state index is -0.696. The third-order valence-electron chi connectivity index (χ3n) is 3.20. The van der Waals surface area contributed by atoms with Crippen molar-refractivity contribution in [1.29, 1.82) is 0 Å². The van der Waals surface area contributed by atoms with E-state index in [1.807, 2.05) is 25.1 Å². The van der Waals surface area contributed by atoms with Crippen LogP contribution >= 0.6 is 0 Å². The summed E-state index contributed by atoms with van der Waals surface area (Å²) in [6.07, 6.45) is 1.26. The molecule has 2 aromatic rings. The maximum Gasteiger partial charge on any atom is 0.311 e. The number of amides is 1. The zero-order valence-corrected chi connectivity index (χ0v) is 13.1. The molecule has 2 aromatic carbocycles. The van der Waals surface area contributed by atoms with Crippen molar-refractivity contribution in [2.75, 3.05) is 19.0 Å². The lowest BCUT2D eigenvalue weighted by atomic mass is 10.2. The van der Waals surface area contributed by atoms with Crippen molar-refractivity contribution >= 4 is 23.5 Å². The lowest BCUT2D eigenvalue weighted by Crippen LogP contribution is -2.18. The van der Waals surface area contributed by atoms with Gasteiger partial charge in [0.1, 0.15) is 0 Å². The second kappa shape index (κ2) is 7.23. The Hall–Kier alpha value is -3.42. The highest BCUT2D eigenvalue weighted by molar-refractivity contribution is 5.95. The quantitative estimate of drug-likeness (QED) is 0.496. The number of nitrogens with one attached hydrogen (secondary N) is 1. The summed E-state index contributed by atoms with van der Waals surface area (Å²) >= 11 is 0. The molecule has 2 N–H and O–H groups in total. The number of carbonyl (C=O) groups excluding carboxylic acids is 1. The molecular weight excluding hydrogens is 312 g/mol. The van der Waals surface area contributed by atoms with E-state index in [2.05, 4.69) is 10.5 Å². The third kappa shape index (κ3) is 4.07. The van der Waals surface area contributed by atoms with Crippen LogP contribution in [-0.4, -0.2) is 36.2 Å². The van der Waals surface area contributed by atoms with Crippen LogP contribution in [0.2, 0.25) is 0 Å². The fourth-order valence-electron chi connectivity index (χ4n) is 1.92. The fraction of sp³-hybridized carbons (Fsp3) is 0.125. The second-order valence-electron chi connectivity index (χ2n) is 5.15. The van der Waals surface area contributed by atoms with Gasteiger partial charge in [-0.2, -0.15) is 5.10 Å². The van der Waals surface area contributed by atoms with Crippen LogP contribution in [-0.2, 0) is 0 Å². The zero-order valence-electron chi connectivity index (χ0n) is 13.1. The van der Waals surface area contributed by atoms with E-state index in [1.165, 1.54) is 18.3 Å². The van der Waals surface area contributed by atoms with Gasteiger partial charge in [-0.3, -0.25) is 14.9 Å². The Morgan fingerprint density at radius 3 is 2.71 bits per heavy atom. The Morgan fingerprint density at radius 2 is 2.04 bits per heavy atom. The largest absolute Gasteiger partial charge is 0.502 e. The molecule has 0 aliphatic carbocycles. The van der Waals surface area contributed by atoms with Gasteiger partial charge in [0.05, 0.1) is 11.1 Å². The number of nitro benzene ring substituents is 1. The topological polar surface area (TPSA) is 108 Å². The highest BCUT2D eigenvalue weighted by Crippen LogP contribution is 2.25. The van der Waals surface area contributed by atoms with Gasteiger partial charge in [-0.1, -0.05) is 6.07 Å². The Labute approximate surface area is 138 Å². The van der Waals surface area contributed by atoms with Crippen LogP contribution in [0.3, 0.4) is 0 Å². The van der Waals surface area contributed by atoms with Crippen LogP contribution in [0.4, 0.5) is 11.4 Å². The van der Waals surface area contributed by atoms with E-state index in [0.717, 1.165) is 11.8 Å². The number of phenolic OH excluding ortho intramolecular Hbond substituents is 1. The maximum atomic E-state index is 12.0. The molecule has 0 aromatic heterocycles. The first-order chi connectivity index (χ1) is 11.4. The maximum absolute atomic E-state index is 12.0. The van der Waals surface area contributed by atoms with E-state index in [-0.39, 0.29) is 0 Å². The van der Waals surface area contributed by atoms with E-state index in [9.17, 15) is 20.0 Å². The number of nitrogens with zero attached hydrogens (tertiary/aromatic N) is 3. The molecule has 0 aliphatic rings. The zero-order chi connectivity index (χ0) is 17.7. The predicted octanol–water partition coefficient (Wildman–Crippen LogP) is 2.13. The Kier molecular flexibility index (Phi) is 5.10. The summed E-state index contributed by atoms with van der Waals surface area (Å²) in [5.41, 5.74) is 3.62. The summed E-state index contributed by atoms with van der Waals surface area (Å²) in [6, 6.07) is 10.8. The lowest BCUT2D eigenvalue weighted by molar-refractivity contribution is -0.385. The van der Waals surface area contributed by atoms with Gasteiger partial charge in [0.2, 0.25) is 0 Å². The molecule has 0 saturated carbocycles. The Morgan fingerprint density at radius 1 is 1.29 bits per heavy atom. The van der Waals surface area contributed by atoms with Gasteiger partial charge >= 0.3 is 5.69 Å². The Bertz CT molecular complexity index is 802. The van der Waals surface area contributed by atoms with Crippen molar-refractivity contribution in [1.82, 2.24) is 5.43 Å². The van der Waals surface area contributed by atoms with Crippen LogP contribution in [0.15, 0.2) is 47.6 Å². The number of hydrogen-bond acceptors (Lipinski definition) is 6.